The number of rotatable bonds is 3. The molecule has 1 amide bonds. The van der Waals surface area contributed by atoms with Crippen LogP contribution < -0.4 is 4.90 Å². The molecular formula is C12H12FNO4. The van der Waals surface area contributed by atoms with Crippen LogP contribution in [-0.4, -0.2) is 36.2 Å². The number of para-hydroxylation sites is 1. The molecule has 1 saturated heterocycles. The van der Waals surface area contributed by atoms with Gasteiger partial charge in [-0.3, -0.25) is 9.59 Å². The lowest BCUT2D eigenvalue weighted by atomic mass is 10.1. The van der Waals surface area contributed by atoms with E-state index in [9.17, 15) is 14.0 Å². The molecule has 1 heterocycles. The van der Waals surface area contributed by atoms with Crippen molar-refractivity contribution >= 4 is 17.6 Å². The zero-order chi connectivity index (χ0) is 13.1. The molecule has 0 aromatic heterocycles. The minimum Gasteiger partial charge on any atom is -0.481 e. The number of benzene rings is 1. The Bertz CT molecular complexity index is 477. The molecule has 96 valence electrons. The molecule has 18 heavy (non-hydrogen) atoms. The Morgan fingerprint density at radius 2 is 2.22 bits per heavy atom. The quantitative estimate of drug-likeness (QED) is 0.873. The first-order valence-electron chi connectivity index (χ1n) is 5.49. The topological polar surface area (TPSA) is 66.8 Å². The number of anilines is 1. The maximum absolute atomic E-state index is 13.6. The van der Waals surface area contributed by atoms with Crippen LogP contribution in [0.3, 0.4) is 0 Å². The summed E-state index contributed by atoms with van der Waals surface area (Å²) in [4.78, 5) is 23.8. The van der Waals surface area contributed by atoms with Crippen LogP contribution in [0.25, 0.3) is 0 Å². The summed E-state index contributed by atoms with van der Waals surface area (Å²) in [6, 6.07) is 5.88. The number of hydrogen-bond donors (Lipinski definition) is 1. The lowest BCUT2D eigenvalue weighted by Gasteiger charge is -2.31. The Balaban J connectivity index is 2.21. The SMILES string of the molecule is O=C(O)CC1OCCN(c2ccccc2F)C1=O. The molecule has 1 aromatic rings. The summed E-state index contributed by atoms with van der Waals surface area (Å²) in [5.74, 6) is -2.15. The molecule has 1 aliphatic rings. The van der Waals surface area contributed by atoms with E-state index in [2.05, 4.69) is 0 Å². The molecule has 1 fully saturated rings. The van der Waals surface area contributed by atoms with Crippen LogP contribution in [0.2, 0.25) is 0 Å². The van der Waals surface area contributed by atoms with Gasteiger partial charge in [-0.05, 0) is 12.1 Å². The largest absolute Gasteiger partial charge is 0.481 e. The molecule has 0 radical (unpaired) electrons. The van der Waals surface area contributed by atoms with E-state index in [-0.39, 0.29) is 18.8 Å². The van der Waals surface area contributed by atoms with Gasteiger partial charge in [-0.1, -0.05) is 12.1 Å². The lowest BCUT2D eigenvalue weighted by Crippen LogP contribution is -2.49. The summed E-state index contributed by atoms with van der Waals surface area (Å²) in [5.41, 5.74) is 0.154. The molecule has 1 N–H and O–H groups in total. The second-order valence-corrected chi connectivity index (χ2v) is 3.90. The first-order valence-corrected chi connectivity index (χ1v) is 5.49. The third-order valence-electron chi connectivity index (χ3n) is 2.68. The highest BCUT2D eigenvalue weighted by atomic mass is 19.1. The van der Waals surface area contributed by atoms with Gasteiger partial charge in [0.15, 0.2) is 0 Å². The Morgan fingerprint density at radius 1 is 1.50 bits per heavy atom. The molecule has 2 rings (SSSR count). The van der Waals surface area contributed by atoms with Gasteiger partial charge in [0, 0.05) is 6.54 Å². The fraction of sp³-hybridized carbons (Fsp3) is 0.333. The minimum atomic E-state index is -1.12. The molecule has 0 saturated carbocycles. The van der Waals surface area contributed by atoms with Crippen molar-refractivity contribution in [3.05, 3.63) is 30.1 Å². The van der Waals surface area contributed by atoms with Crippen molar-refractivity contribution in [3.63, 3.8) is 0 Å². The fourth-order valence-corrected chi connectivity index (χ4v) is 1.86. The number of aliphatic carboxylic acids is 1. The van der Waals surface area contributed by atoms with Crippen LogP contribution in [-0.2, 0) is 14.3 Å². The van der Waals surface area contributed by atoms with Gasteiger partial charge in [0.2, 0.25) is 0 Å². The van der Waals surface area contributed by atoms with Crippen molar-refractivity contribution in [2.45, 2.75) is 12.5 Å². The van der Waals surface area contributed by atoms with Gasteiger partial charge in [-0.15, -0.1) is 0 Å². The van der Waals surface area contributed by atoms with E-state index < -0.39 is 30.2 Å². The van der Waals surface area contributed by atoms with Crippen LogP contribution in [0.4, 0.5) is 10.1 Å². The summed E-state index contributed by atoms with van der Waals surface area (Å²) in [7, 11) is 0. The van der Waals surface area contributed by atoms with E-state index in [1.165, 1.54) is 23.1 Å². The summed E-state index contributed by atoms with van der Waals surface area (Å²) in [6.45, 7) is 0.411. The Morgan fingerprint density at radius 3 is 2.89 bits per heavy atom. The molecule has 5 nitrogen and oxygen atoms in total. The van der Waals surface area contributed by atoms with E-state index in [0.29, 0.717) is 0 Å². The van der Waals surface area contributed by atoms with Gasteiger partial charge in [0.1, 0.15) is 11.9 Å². The smallest absolute Gasteiger partial charge is 0.306 e. The number of amides is 1. The number of carboxylic acid groups (broad SMARTS) is 1. The summed E-state index contributed by atoms with van der Waals surface area (Å²) in [6.07, 6.45) is -1.46. The number of ether oxygens (including phenoxy) is 1. The van der Waals surface area contributed by atoms with Gasteiger partial charge < -0.3 is 14.7 Å². The van der Waals surface area contributed by atoms with Crippen LogP contribution in [0.5, 0.6) is 0 Å². The van der Waals surface area contributed by atoms with Gasteiger partial charge in [-0.2, -0.15) is 0 Å². The minimum absolute atomic E-state index is 0.154. The number of carbonyl (C=O) groups excluding carboxylic acids is 1. The van der Waals surface area contributed by atoms with Crippen molar-refractivity contribution in [1.29, 1.82) is 0 Å². The molecule has 0 bridgehead atoms. The Hall–Kier alpha value is -1.95. The van der Waals surface area contributed by atoms with Gasteiger partial charge in [-0.25, -0.2) is 4.39 Å². The third kappa shape index (κ3) is 2.48. The number of carboxylic acids is 1. The Kier molecular flexibility index (Phi) is 3.57. The molecule has 1 atom stereocenters. The van der Waals surface area contributed by atoms with Crippen molar-refractivity contribution in [2.24, 2.45) is 0 Å². The molecule has 6 heteroatoms. The van der Waals surface area contributed by atoms with E-state index in [1.54, 1.807) is 6.07 Å². The monoisotopic (exact) mass is 253 g/mol. The van der Waals surface area contributed by atoms with Crippen molar-refractivity contribution in [1.82, 2.24) is 0 Å². The summed E-state index contributed by atoms with van der Waals surface area (Å²) < 4.78 is 18.7. The van der Waals surface area contributed by atoms with Crippen molar-refractivity contribution < 1.29 is 23.8 Å². The Labute approximate surface area is 103 Å². The maximum Gasteiger partial charge on any atom is 0.306 e. The first kappa shape index (κ1) is 12.5. The van der Waals surface area contributed by atoms with Crippen LogP contribution in [0.1, 0.15) is 6.42 Å². The zero-order valence-corrected chi connectivity index (χ0v) is 9.51. The predicted octanol–water partition coefficient (Wildman–Crippen LogP) is 1.03. The zero-order valence-electron chi connectivity index (χ0n) is 9.51. The normalized spacial score (nSPS) is 19.9. The second-order valence-electron chi connectivity index (χ2n) is 3.90. The van der Waals surface area contributed by atoms with Crippen LogP contribution in [0.15, 0.2) is 24.3 Å². The van der Waals surface area contributed by atoms with E-state index in [0.717, 1.165) is 0 Å². The highest BCUT2D eigenvalue weighted by Gasteiger charge is 2.33. The molecule has 1 unspecified atom stereocenters. The van der Waals surface area contributed by atoms with Crippen molar-refractivity contribution in [2.75, 3.05) is 18.1 Å². The fourth-order valence-electron chi connectivity index (χ4n) is 1.86. The number of hydrogen-bond acceptors (Lipinski definition) is 3. The third-order valence-corrected chi connectivity index (χ3v) is 2.68. The summed E-state index contributed by atoms with van der Waals surface area (Å²) >= 11 is 0. The van der Waals surface area contributed by atoms with Crippen LogP contribution in [0, 0.1) is 5.82 Å². The molecule has 1 aliphatic heterocycles. The lowest BCUT2D eigenvalue weighted by molar-refractivity contribution is -0.147. The first-order chi connectivity index (χ1) is 8.59. The molecule has 0 spiro atoms. The number of carbonyl (C=O) groups is 2. The van der Waals surface area contributed by atoms with Crippen LogP contribution >= 0.6 is 0 Å². The average Bonchev–Trinajstić information content (AvgIpc) is 2.32. The molecule has 0 aliphatic carbocycles. The van der Waals surface area contributed by atoms with E-state index in [1.807, 2.05) is 0 Å². The number of nitrogens with zero attached hydrogens (tertiary/aromatic N) is 1. The maximum atomic E-state index is 13.6. The van der Waals surface area contributed by atoms with E-state index in [4.69, 9.17) is 9.84 Å². The highest BCUT2D eigenvalue weighted by molar-refractivity contribution is 5.98. The van der Waals surface area contributed by atoms with Gasteiger partial charge >= 0.3 is 5.97 Å². The highest BCUT2D eigenvalue weighted by Crippen LogP contribution is 2.22. The van der Waals surface area contributed by atoms with Gasteiger partial charge in [0.25, 0.3) is 5.91 Å². The number of morpholine rings is 1. The number of halogens is 1. The van der Waals surface area contributed by atoms with E-state index >= 15 is 0 Å². The van der Waals surface area contributed by atoms with Gasteiger partial charge in [0.05, 0.1) is 18.7 Å². The van der Waals surface area contributed by atoms with Crippen molar-refractivity contribution in [3.8, 4) is 0 Å². The predicted molar refractivity (Wildman–Crippen MR) is 60.7 cm³/mol. The summed E-state index contributed by atoms with van der Waals surface area (Å²) in [5, 5.41) is 8.67. The second kappa shape index (κ2) is 5.14. The molecular weight excluding hydrogens is 241 g/mol. The standard InChI is InChI=1S/C12H12FNO4/c13-8-3-1-2-4-9(8)14-5-6-18-10(12(14)17)7-11(15)16/h1-4,10H,5-7H2,(H,15,16). The average molecular weight is 253 g/mol. The molecule has 1 aromatic carbocycles.